The Kier molecular flexibility index (Phi) is 14.5. The van der Waals surface area contributed by atoms with Crippen molar-refractivity contribution in [1.29, 1.82) is 0 Å². The van der Waals surface area contributed by atoms with Gasteiger partial charge in [-0.05, 0) is 158 Å². The molecule has 10 aromatic rings. The molecule has 0 spiro atoms. The standard InChI is InChI=1S/C81H74O4/c1-48-39-60(80(5,6)7)40-49(2)76(48)78-66-35-23-56(52-15-27-62(82-11)28-16-52)43-70(66)74(71-44-57(24-36-67(71)78)53-17-29-63(83-12)30-18-53)47-75-72-45-58(54-19-31-64(84-13)32-20-54)25-37-68(72)79(77-50(3)41-61(42-51(77)4)81(8,9)10)69-38-26-59(46-73(69)75)55-21-33-65(85-14)34-22-55/h15-46H,1-14H3. The van der Waals surface area contributed by atoms with E-state index in [1.807, 2.05) is 0 Å². The molecule has 0 aliphatic heterocycles. The maximum absolute atomic E-state index is 5.69. The number of benzene rings is 10. The highest BCUT2D eigenvalue weighted by Crippen LogP contribution is 2.50. The number of hydrogen-bond donors (Lipinski definition) is 0. The smallest absolute Gasteiger partial charge is 0.118 e. The molecular weight excluding hydrogens is 1040 g/mol. The molecule has 0 saturated heterocycles. The van der Waals surface area contributed by atoms with E-state index < -0.39 is 0 Å². The lowest BCUT2D eigenvalue weighted by atomic mass is 9.69. The van der Waals surface area contributed by atoms with E-state index in [4.69, 9.17) is 18.9 Å². The summed E-state index contributed by atoms with van der Waals surface area (Å²) in [5, 5.41) is 6.76. The summed E-state index contributed by atoms with van der Waals surface area (Å²) in [5.74, 6) is 5.80. The average Bonchev–Trinajstić information content (AvgIpc) is 1.04. The monoisotopic (exact) mass is 1110 g/mol. The number of aryl methyl sites for hydroxylation is 2. The van der Waals surface area contributed by atoms with Crippen molar-refractivity contribution in [3.63, 3.8) is 0 Å². The summed E-state index contributed by atoms with van der Waals surface area (Å²) in [7, 11) is 6.88. The molecule has 4 heteroatoms. The van der Waals surface area contributed by atoms with Gasteiger partial charge >= 0.3 is 0 Å². The molecule has 0 radical (unpaired) electrons. The lowest BCUT2D eigenvalue weighted by molar-refractivity contribution is 0.415. The van der Waals surface area contributed by atoms with E-state index in [1.54, 1.807) is 28.4 Å². The quantitative estimate of drug-likeness (QED) is 0.107. The van der Waals surface area contributed by atoms with E-state index in [2.05, 4.69) is 269 Å². The highest BCUT2D eigenvalue weighted by Gasteiger charge is 2.34. The second kappa shape index (κ2) is 22.0. The molecule has 0 bridgehead atoms. The van der Waals surface area contributed by atoms with Crippen LogP contribution in [0.25, 0.3) is 82.9 Å². The van der Waals surface area contributed by atoms with E-state index in [0.29, 0.717) is 0 Å². The van der Waals surface area contributed by atoms with Gasteiger partial charge in [0, 0.05) is 29.7 Å². The molecule has 10 aromatic carbocycles. The number of allylic oxidation sites excluding steroid dienone is 4. The third kappa shape index (κ3) is 10.4. The Balaban J connectivity index is 1.31. The fraction of sp³-hybridized carbons (Fsp3) is 0.198. The Morgan fingerprint density at radius 3 is 1.07 bits per heavy atom. The lowest BCUT2D eigenvalue weighted by Gasteiger charge is -2.39. The Morgan fingerprint density at radius 1 is 0.388 bits per heavy atom. The van der Waals surface area contributed by atoms with Gasteiger partial charge in [-0.1, -0.05) is 206 Å². The van der Waals surface area contributed by atoms with Gasteiger partial charge < -0.3 is 18.9 Å². The van der Waals surface area contributed by atoms with Crippen LogP contribution in [-0.2, 0) is 5.41 Å². The molecule has 422 valence electrons. The third-order valence-corrected chi connectivity index (χ3v) is 17.5. The molecule has 0 atom stereocenters. The Morgan fingerprint density at radius 2 is 0.729 bits per heavy atom. The van der Waals surface area contributed by atoms with Crippen LogP contribution in [0, 0.1) is 31.1 Å². The molecule has 2 aliphatic rings. The summed E-state index contributed by atoms with van der Waals surface area (Å²) in [5.41, 5.74) is 27.6. The Labute approximate surface area is 502 Å². The van der Waals surface area contributed by atoms with Gasteiger partial charge in [-0.3, -0.25) is 0 Å². The first kappa shape index (κ1) is 56.2. The summed E-state index contributed by atoms with van der Waals surface area (Å²) in [4.78, 5) is 0. The molecule has 0 amide bonds. The van der Waals surface area contributed by atoms with E-state index in [1.165, 1.54) is 56.0 Å². The van der Waals surface area contributed by atoms with Gasteiger partial charge in [0.25, 0.3) is 0 Å². The molecule has 12 rings (SSSR count). The van der Waals surface area contributed by atoms with Gasteiger partial charge in [0.1, 0.15) is 23.0 Å². The van der Waals surface area contributed by atoms with Crippen LogP contribution >= 0.6 is 0 Å². The SMILES string of the molecule is COc1ccc(-c2ccc3c(c2)C(=C=c2c4cc(-c5ccc(OC)cc5)ccc4c(=C4C(C)=C[C+](C(C)(C)C)C=C4C)c4ccc(-c5ccc(OC)cc5)cc24)c2cc(-c4ccc(OC)cc4)ccc2[C-]3c2c(C)cc(C(C)(C)C)cc2C)cc1. The molecule has 0 N–H and O–H groups in total. The Hall–Kier alpha value is -9.34. The fourth-order valence-electron chi connectivity index (χ4n) is 12.8. The average molecular weight is 1110 g/mol. The summed E-state index contributed by atoms with van der Waals surface area (Å²) < 4.78 is 22.8. The van der Waals surface area contributed by atoms with Crippen LogP contribution in [0.5, 0.6) is 23.0 Å². The van der Waals surface area contributed by atoms with E-state index in [9.17, 15) is 0 Å². The molecule has 85 heavy (non-hydrogen) atoms. The predicted octanol–water partition coefficient (Wildman–Crippen LogP) is 19.1. The van der Waals surface area contributed by atoms with Crippen molar-refractivity contribution in [3.8, 4) is 67.5 Å². The zero-order valence-corrected chi connectivity index (χ0v) is 51.6. The number of hydrogen-bond acceptors (Lipinski definition) is 4. The van der Waals surface area contributed by atoms with Gasteiger partial charge in [-0.25, -0.2) is 0 Å². The minimum absolute atomic E-state index is 0.0264. The lowest BCUT2D eigenvalue weighted by Crippen LogP contribution is -2.22. The van der Waals surface area contributed by atoms with Crippen LogP contribution < -0.4 is 29.4 Å². The zero-order valence-electron chi connectivity index (χ0n) is 51.6. The van der Waals surface area contributed by atoms with Gasteiger partial charge in [0.2, 0.25) is 0 Å². The maximum Gasteiger partial charge on any atom is 0.118 e. The highest BCUT2D eigenvalue weighted by atomic mass is 16.5. The fourth-order valence-corrected chi connectivity index (χ4v) is 12.8. The third-order valence-electron chi connectivity index (χ3n) is 17.5. The van der Waals surface area contributed by atoms with Gasteiger partial charge in [-0.2, -0.15) is 0 Å². The van der Waals surface area contributed by atoms with Crippen LogP contribution in [0.3, 0.4) is 0 Å². The molecule has 2 aliphatic carbocycles. The van der Waals surface area contributed by atoms with E-state index in [0.717, 1.165) is 122 Å². The number of ether oxygens (including phenoxy) is 4. The second-order valence-electron chi connectivity index (χ2n) is 25.1. The second-order valence-corrected chi connectivity index (χ2v) is 25.1. The van der Waals surface area contributed by atoms with E-state index in [-0.39, 0.29) is 10.8 Å². The first-order valence-corrected chi connectivity index (χ1v) is 29.5. The van der Waals surface area contributed by atoms with Gasteiger partial charge in [0.15, 0.2) is 0 Å². The predicted molar refractivity (Wildman–Crippen MR) is 356 cm³/mol. The summed E-state index contributed by atoms with van der Waals surface area (Å²) in [6.45, 7) is 23.0. The van der Waals surface area contributed by atoms with Gasteiger partial charge in [0.05, 0.1) is 63.2 Å². The first-order chi connectivity index (χ1) is 40.8. The maximum atomic E-state index is 5.69. The van der Waals surface area contributed by atoms with Gasteiger partial charge in [-0.15, -0.1) is 5.73 Å². The topological polar surface area (TPSA) is 36.9 Å². The van der Waals surface area contributed by atoms with Crippen molar-refractivity contribution in [2.45, 2.75) is 74.7 Å². The largest absolute Gasteiger partial charge is 0.497 e. The van der Waals surface area contributed by atoms with Crippen molar-refractivity contribution in [3.05, 3.63) is 272 Å². The van der Waals surface area contributed by atoms with Crippen molar-refractivity contribution >= 4 is 38.4 Å². The van der Waals surface area contributed by atoms with Crippen LogP contribution in [-0.4, -0.2) is 28.4 Å². The number of rotatable bonds is 9. The van der Waals surface area contributed by atoms with Crippen LogP contribution in [0.4, 0.5) is 0 Å². The minimum Gasteiger partial charge on any atom is -0.497 e. The molecule has 0 unspecified atom stereocenters. The summed E-state index contributed by atoms with van der Waals surface area (Å²) in [6, 6.07) is 66.8. The summed E-state index contributed by atoms with van der Waals surface area (Å²) >= 11 is 0. The normalized spacial score (nSPS) is 13.3. The van der Waals surface area contributed by atoms with Crippen molar-refractivity contribution in [2.24, 2.45) is 5.41 Å². The van der Waals surface area contributed by atoms with Crippen molar-refractivity contribution in [2.75, 3.05) is 28.4 Å². The Bertz CT molecular complexity index is 4250. The van der Waals surface area contributed by atoms with Crippen LogP contribution in [0.2, 0.25) is 0 Å². The van der Waals surface area contributed by atoms with Crippen LogP contribution in [0.1, 0.15) is 99.9 Å². The minimum atomic E-state index is -0.0264. The summed E-state index contributed by atoms with van der Waals surface area (Å²) in [6.07, 6.45) is 4.81. The zero-order chi connectivity index (χ0) is 59.6. The van der Waals surface area contributed by atoms with E-state index >= 15 is 0 Å². The van der Waals surface area contributed by atoms with Crippen molar-refractivity contribution in [1.82, 2.24) is 0 Å². The molecule has 0 saturated carbocycles. The number of methoxy groups -OCH3 is 4. The molecule has 4 nitrogen and oxygen atoms in total. The first-order valence-electron chi connectivity index (χ1n) is 29.5. The van der Waals surface area contributed by atoms with Crippen LogP contribution in [0.15, 0.2) is 205 Å². The molecular formula is C81H74O4. The molecule has 0 aromatic heterocycles. The molecule has 0 heterocycles. The molecule has 0 fully saturated rings. The van der Waals surface area contributed by atoms with Crippen molar-refractivity contribution < 1.29 is 18.9 Å². The highest BCUT2D eigenvalue weighted by molar-refractivity contribution is 6.08. The number of fused-ring (bicyclic) bond motifs is 4.